The second-order valence-electron chi connectivity index (χ2n) is 3.48. The first kappa shape index (κ1) is 13.3. The molecule has 0 amide bonds. The molecule has 3 N–H and O–H groups in total. The monoisotopic (exact) mass is 250 g/mol. The molecule has 1 heterocycles. The highest BCUT2D eigenvalue weighted by molar-refractivity contribution is 7.17. The van der Waals surface area contributed by atoms with Gasteiger partial charge in [0.2, 0.25) is 0 Å². The Kier molecular flexibility index (Phi) is 4.77. The smallest absolute Gasteiger partial charge is 0.131 e. The fraction of sp³-hybridized carbons (Fsp3) is 0.455. The van der Waals surface area contributed by atoms with Crippen LogP contribution in [0.3, 0.4) is 0 Å². The van der Waals surface area contributed by atoms with Crippen LogP contribution in [-0.4, -0.2) is 19.8 Å². The second-order valence-corrected chi connectivity index (χ2v) is 4.50. The van der Waals surface area contributed by atoms with E-state index in [9.17, 15) is 0 Å². The molecule has 0 aliphatic heterocycles. The number of nitriles is 2. The van der Waals surface area contributed by atoms with E-state index in [-0.39, 0.29) is 11.7 Å². The van der Waals surface area contributed by atoms with Crippen LogP contribution in [0.15, 0.2) is 0 Å². The largest absolute Gasteiger partial charge is 0.396 e. The summed E-state index contributed by atoms with van der Waals surface area (Å²) in [5, 5.41) is 21.7. The third-order valence-corrected chi connectivity index (χ3v) is 3.40. The van der Waals surface area contributed by atoms with Gasteiger partial charge in [-0.3, -0.25) is 0 Å². The van der Waals surface area contributed by atoms with Crippen LogP contribution in [0.1, 0.15) is 23.8 Å². The molecule has 1 atom stereocenters. The first-order chi connectivity index (χ1) is 8.17. The maximum Gasteiger partial charge on any atom is 0.131 e. The predicted octanol–water partition coefficient (Wildman–Crippen LogP) is 1.91. The highest BCUT2D eigenvalue weighted by Crippen LogP contribution is 2.35. The minimum Gasteiger partial charge on any atom is -0.396 e. The molecule has 5 nitrogen and oxygen atoms in total. The van der Waals surface area contributed by atoms with Crippen LogP contribution < -0.4 is 11.1 Å². The zero-order valence-electron chi connectivity index (χ0n) is 9.78. The van der Waals surface area contributed by atoms with Crippen molar-refractivity contribution in [1.29, 1.82) is 10.5 Å². The number of methoxy groups -OCH3 is 1. The molecular weight excluding hydrogens is 236 g/mol. The van der Waals surface area contributed by atoms with E-state index < -0.39 is 0 Å². The van der Waals surface area contributed by atoms with Gasteiger partial charge in [-0.05, 0) is 6.42 Å². The Bertz CT molecular complexity index is 469. The Labute approximate surface area is 104 Å². The first-order valence-corrected chi connectivity index (χ1v) is 5.97. The van der Waals surface area contributed by atoms with Crippen molar-refractivity contribution in [1.82, 2.24) is 0 Å². The number of hydrogen-bond donors (Lipinski definition) is 2. The van der Waals surface area contributed by atoms with Crippen LogP contribution in [0.2, 0.25) is 0 Å². The molecule has 0 radical (unpaired) electrons. The summed E-state index contributed by atoms with van der Waals surface area (Å²) >= 11 is 1.20. The summed E-state index contributed by atoms with van der Waals surface area (Å²) in [6.07, 6.45) is 0.860. The second kappa shape index (κ2) is 6.09. The Morgan fingerprint density at radius 1 is 1.47 bits per heavy atom. The number of thiophene rings is 1. The summed E-state index contributed by atoms with van der Waals surface area (Å²) in [5.41, 5.74) is 6.32. The predicted molar refractivity (Wildman–Crippen MR) is 67.7 cm³/mol. The molecule has 1 rings (SSSR count). The van der Waals surface area contributed by atoms with Crippen LogP contribution in [0.4, 0.5) is 10.7 Å². The van der Waals surface area contributed by atoms with Crippen molar-refractivity contribution >= 4 is 22.0 Å². The fourth-order valence-corrected chi connectivity index (χ4v) is 2.33. The highest BCUT2D eigenvalue weighted by atomic mass is 32.1. The Morgan fingerprint density at radius 2 is 2.18 bits per heavy atom. The summed E-state index contributed by atoms with van der Waals surface area (Å²) < 4.78 is 5.07. The van der Waals surface area contributed by atoms with Crippen LogP contribution >= 0.6 is 11.3 Å². The first-order valence-electron chi connectivity index (χ1n) is 5.15. The number of nitrogens with one attached hydrogen (secondary N) is 1. The van der Waals surface area contributed by atoms with Crippen molar-refractivity contribution in [2.24, 2.45) is 0 Å². The summed E-state index contributed by atoms with van der Waals surface area (Å²) in [6, 6.07) is 4.11. The van der Waals surface area contributed by atoms with Gasteiger partial charge in [0.15, 0.2) is 0 Å². The van der Waals surface area contributed by atoms with Gasteiger partial charge in [0, 0.05) is 13.2 Å². The molecule has 0 saturated heterocycles. The van der Waals surface area contributed by atoms with Crippen LogP contribution in [0, 0.1) is 22.7 Å². The number of anilines is 2. The van der Waals surface area contributed by atoms with E-state index in [1.54, 1.807) is 7.11 Å². The lowest BCUT2D eigenvalue weighted by Gasteiger charge is -2.15. The topological polar surface area (TPSA) is 94.9 Å². The van der Waals surface area contributed by atoms with Gasteiger partial charge in [0.25, 0.3) is 0 Å². The van der Waals surface area contributed by atoms with Gasteiger partial charge in [-0.1, -0.05) is 6.92 Å². The van der Waals surface area contributed by atoms with Gasteiger partial charge in [0.05, 0.1) is 12.3 Å². The van der Waals surface area contributed by atoms with Gasteiger partial charge >= 0.3 is 0 Å². The lowest BCUT2D eigenvalue weighted by molar-refractivity contribution is 0.184. The lowest BCUT2D eigenvalue weighted by atomic mass is 10.2. The quantitative estimate of drug-likeness (QED) is 0.832. The average molecular weight is 250 g/mol. The van der Waals surface area contributed by atoms with Crippen molar-refractivity contribution in [3.8, 4) is 12.1 Å². The minimum absolute atomic E-state index is 0.108. The maximum absolute atomic E-state index is 9.02. The molecule has 0 saturated carbocycles. The number of hydrogen-bond acceptors (Lipinski definition) is 6. The molecule has 0 spiro atoms. The number of nitrogens with zero attached hydrogens (tertiary/aromatic N) is 2. The molecule has 90 valence electrons. The number of ether oxygens (including phenoxy) is 1. The third-order valence-electron chi connectivity index (χ3n) is 2.35. The van der Waals surface area contributed by atoms with Gasteiger partial charge in [-0.15, -0.1) is 11.3 Å². The Hall–Kier alpha value is -1.76. The molecule has 1 unspecified atom stereocenters. The minimum atomic E-state index is 0.108. The SMILES string of the molecule is CCC(COC)Nc1sc(C#N)c(N)c1C#N. The average Bonchev–Trinajstić information content (AvgIpc) is 2.64. The molecule has 0 aliphatic rings. The molecule has 1 aromatic heterocycles. The summed E-state index contributed by atoms with van der Waals surface area (Å²) in [5.74, 6) is 0. The van der Waals surface area contributed by atoms with E-state index in [0.717, 1.165) is 6.42 Å². The van der Waals surface area contributed by atoms with E-state index in [1.807, 2.05) is 19.1 Å². The number of rotatable bonds is 5. The van der Waals surface area contributed by atoms with Crippen molar-refractivity contribution in [2.45, 2.75) is 19.4 Å². The van der Waals surface area contributed by atoms with Crippen LogP contribution in [-0.2, 0) is 4.74 Å². The van der Waals surface area contributed by atoms with Crippen molar-refractivity contribution in [3.63, 3.8) is 0 Å². The number of nitrogens with two attached hydrogens (primary N) is 1. The van der Waals surface area contributed by atoms with E-state index >= 15 is 0 Å². The highest BCUT2D eigenvalue weighted by Gasteiger charge is 2.17. The molecule has 17 heavy (non-hydrogen) atoms. The van der Waals surface area contributed by atoms with Crippen molar-refractivity contribution in [3.05, 3.63) is 10.4 Å². The van der Waals surface area contributed by atoms with E-state index in [1.165, 1.54) is 11.3 Å². The summed E-state index contributed by atoms with van der Waals surface area (Å²) in [4.78, 5) is 0.372. The third kappa shape index (κ3) is 2.88. The standard InChI is InChI=1S/C11H14N4OS/c1-3-7(6-16-2)15-11-8(4-12)10(14)9(5-13)17-11/h7,15H,3,6,14H2,1-2H3. The van der Waals surface area contributed by atoms with Gasteiger partial charge in [-0.2, -0.15) is 10.5 Å². The summed E-state index contributed by atoms with van der Waals surface area (Å²) in [7, 11) is 1.62. The molecule has 6 heteroatoms. The normalized spacial score (nSPS) is 11.5. The van der Waals surface area contributed by atoms with E-state index in [4.69, 9.17) is 21.0 Å². The van der Waals surface area contributed by atoms with Crippen LogP contribution in [0.25, 0.3) is 0 Å². The van der Waals surface area contributed by atoms with E-state index in [2.05, 4.69) is 5.32 Å². The van der Waals surface area contributed by atoms with Crippen LogP contribution in [0.5, 0.6) is 0 Å². The van der Waals surface area contributed by atoms with Gasteiger partial charge < -0.3 is 15.8 Å². The Balaban J connectivity index is 2.99. The van der Waals surface area contributed by atoms with E-state index in [0.29, 0.717) is 22.0 Å². The molecule has 0 aliphatic carbocycles. The lowest BCUT2D eigenvalue weighted by Crippen LogP contribution is -2.23. The molecular formula is C11H14N4OS. The van der Waals surface area contributed by atoms with Crippen molar-refractivity contribution < 1.29 is 4.74 Å². The Morgan fingerprint density at radius 3 is 2.65 bits per heavy atom. The molecule has 0 fully saturated rings. The zero-order chi connectivity index (χ0) is 12.8. The van der Waals surface area contributed by atoms with Gasteiger partial charge in [0.1, 0.15) is 27.6 Å². The zero-order valence-corrected chi connectivity index (χ0v) is 10.6. The molecule has 1 aromatic rings. The number of nitrogen functional groups attached to an aromatic ring is 1. The fourth-order valence-electron chi connectivity index (χ4n) is 1.39. The molecule has 0 bridgehead atoms. The summed E-state index contributed by atoms with van der Waals surface area (Å²) in [6.45, 7) is 2.56. The maximum atomic E-state index is 9.02. The van der Waals surface area contributed by atoms with Crippen molar-refractivity contribution in [2.75, 3.05) is 24.8 Å². The molecule has 0 aromatic carbocycles. The van der Waals surface area contributed by atoms with Gasteiger partial charge in [-0.25, -0.2) is 0 Å².